The van der Waals surface area contributed by atoms with Crippen LogP contribution in [0, 0.1) is 0 Å². The number of carbonyl (C=O) groups excluding carboxylic acids is 2. The number of ether oxygens (including phenoxy) is 1. The largest absolute Gasteiger partial charge is 0.506 e. The maximum absolute atomic E-state index is 11.9. The molecule has 0 bridgehead atoms. The van der Waals surface area contributed by atoms with Crippen molar-refractivity contribution in [3.8, 4) is 5.75 Å². The lowest BCUT2D eigenvalue weighted by Crippen LogP contribution is -2.09. The van der Waals surface area contributed by atoms with E-state index < -0.39 is 5.97 Å². The average Bonchev–Trinajstić information content (AvgIpc) is 2.48. The number of amides is 1. The van der Waals surface area contributed by atoms with E-state index in [9.17, 15) is 14.7 Å². The van der Waals surface area contributed by atoms with Crippen molar-refractivity contribution in [2.75, 3.05) is 11.9 Å². The summed E-state index contributed by atoms with van der Waals surface area (Å²) < 4.78 is 5.20. The van der Waals surface area contributed by atoms with Gasteiger partial charge in [0.1, 0.15) is 5.75 Å². The fraction of sp³-hybridized carbons (Fsp3) is 0.529. The molecule has 0 aliphatic heterocycles. The summed E-state index contributed by atoms with van der Waals surface area (Å²) in [6.07, 6.45) is 6.76. The maximum atomic E-state index is 11.9. The summed E-state index contributed by atoms with van der Waals surface area (Å²) in [6.45, 7) is 3.90. The van der Waals surface area contributed by atoms with Crippen molar-refractivity contribution >= 4 is 17.6 Å². The molecule has 1 amide bonds. The predicted molar refractivity (Wildman–Crippen MR) is 86.1 cm³/mol. The summed E-state index contributed by atoms with van der Waals surface area (Å²) in [5.41, 5.74) is 0.522. The average molecular weight is 307 g/mol. The summed E-state index contributed by atoms with van der Waals surface area (Å²) >= 11 is 0. The van der Waals surface area contributed by atoms with Gasteiger partial charge in [0.15, 0.2) is 0 Å². The highest BCUT2D eigenvalue weighted by atomic mass is 16.5. The molecule has 0 heterocycles. The minimum absolute atomic E-state index is 0.0809. The van der Waals surface area contributed by atoms with E-state index in [0.29, 0.717) is 12.2 Å². The van der Waals surface area contributed by atoms with Gasteiger partial charge < -0.3 is 15.2 Å². The predicted octanol–water partition coefficient (Wildman–Crippen LogP) is 3.87. The van der Waals surface area contributed by atoms with Gasteiger partial charge in [0.25, 0.3) is 0 Å². The van der Waals surface area contributed by atoms with Crippen LogP contribution in [-0.2, 0) is 9.53 Å². The topological polar surface area (TPSA) is 75.6 Å². The van der Waals surface area contributed by atoms with E-state index in [0.717, 1.165) is 19.3 Å². The van der Waals surface area contributed by atoms with Crippen LogP contribution in [0.2, 0.25) is 0 Å². The van der Waals surface area contributed by atoms with E-state index in [1.807, 2.05) is 0 Å². The second-order valence-electron chi connectivity index (χ2n) is 5.32. The van der Waals surface area contributed by atoms with Crippen LogP contribution >= 0.6 is 0 Å². The third-order valence-corrected chi connectivity index (χ3v) is 3.27. The Kier molecular flexibility index (Phi) is 8.04. The summed E-state index contributed by atoms with van der Waals surface area (Å²) in [6, 6.07) is 4.26. The summed E-state index contributed by atoms with van der Waals surface area (Å²) in [5, 5.41) is 12.1. The van der Waals surface area contributed by atoms with Crippen LogP contribution in [-0.4, -0.2) is 23.6 Å². The summed E-state index contributed by atoms with van der Waals surface area (Å²) in [7, 11) is 0. The Morgan fingerprint density at radius 1 is 1.14 bits per heavy atom. The van der Waals surface area contributed by atoms with E-state index in [1.54, 1.807) is 0 Å². The lowest BCUT2D eigenvalue weighted by Gasteiger charge is -2.08. The quantitative estimate of drug-likeness (QED) is 0.412. The number of anilines is 1. The second-order valence-corrected chi connectivity index (χ2v) is 5.32. The van der Waals surface area contributed by atoms with Crippen molar-refractivity contribution in [2.45, 2.75) is 52.4 Å². The first-order chi connectivity index (χ1) is 10.5. The van der Waals surface area contributed by atoms with Crippen LogP contribution in [0.1, 0.15) is 62.7 Å². The van der Waals surface area contributed by atoms with Gasteiger partial charge in [-0.2, -0.15) is 0 Å². The highest BCUT2D eigenvalue weighted by Crippen LogP contribution is 2.24. The molecular weight excluding hydrogens is 282 g/mol. The van der Waals surface area contributed by atoms with Gasteiger partial charge in [-0.1, -0.05) is 39.0 Å². The first kappa shape index (κ1) is 18.0. The van der Waals surface area contributed by atoms with Crippen LogP contribution in [0.3, 0.4) is 0 Å². The van der Waals surface area contributed by atoms with Crippen molar-refractivity contribution in [3.05, 3.63) is 23.8 Å². The van der Waals surface area contributed by atoms with Crippen LogP contribution in [0.4, 0.5) is 5.69 Å². The molecule has 0 unspecified atom stereocenters. The van der Waals surface area contributed by atoms with E-state index in [1.165, 1.54) is 44.4 Å². The van der Waals surface area contributed by atoms with Crippen LogP contribution in [0.15, 0.2) is 18.2 Å². The van der Waals surface area contributed by atoms with Gasteiger partial charge in [0, 0.05) is 6.92 Å². The van der Waals surface area contributed by atoms with E-state index in [4.69, 9.17) is 4.74 Å². The standard InChI is InChI=1S/C17H25NO4/c1-3-4-5-6-7-8-11-22-17(21)14-9-10-16(20)15(12-14)18-13(2)19/h9-10,12,20H,3-8,11H2,1-2H3,(H,18,19). The molecule has 1 aromatic rings. The van der Waals surface area contributed by atoms with Crippen molar-refractivity contribution in [2.24, 2.45) is 0 Å². The number of hydrogen-bond donors (Lipinski definition) is 2. The Hall–Kier alpha value is -2.04. The molecule has 5 heteroatoms. The number of nitrogens with one attached hydrogen (secondary N) is 1. The SMILES string of the molecule is CCCCCCCCOC(=O)c1ccc(O)c(NC(C)=O)c1. The Bertz CT molecular complexity index is 499. The second kappa shape index (κ2) is 9.82. The Morgan fingerprint density at radius 3 is 2.50 bits per heavy atom. The number of benzene rings is 1. The molecule has 0 fully saturated rings. The first-order valence-electron chi connectivity index (χ1n) is 7.82. The number of phenolic OH excluding ortho intramolecular Hbond substituents is 1. The number of carbonyl (C=O) groups is 2. The van der Waals surface area contributed by atoms with Crippen LogP contribution in [0.25, 0.3) is 0 Å². The van der Waals surface area contributed by atoms with Crippen LogP contribution in [0.5, 0.6) is 5.75 Å². The maximum Gasteiger partial charge on any atom is 0.338 e. The molecule has 0 spiro atoms. The van der Waals surface area contributed by atoms with Gasteiger partial charge in [0.05, 0.1) is 17.9 Å². The molecule has 0 atom stereocenters. The summed E-state index contributed by atoms with van der Waals surface area (Å²) in [5.74, 6) is -0.837. The molecular formula is C17H25NO4. The van der Waals surface area contributed by atoms with Gasteiger partial charge in [-0.15, -0.1) is 0 Å². The number of esters is 1. The highest BCUT2D eigenvalue weighted by molar-refractivity contribution is 5.95. The fourth-order valence-electron chi connectivity index (χ4n) is 2.08. The Morgan fingerprint density at radius 2 is 1.82 bits per heavy atom. The number of unbranched alkanes of at least 4 members (excludes halogenated alkanes) is 5. The number of aromatic hydroxyl groups is 1. The van der Waals surface area contributed by atoms with Gasteiger partial charge in [-0.25, -0.2) is 4.79 Å². The minimum atomic E-state index is -0.444. The molecule has 1 aromatic carbocycles. The van der Waals surface area contributed by atoms with Gasteiger partial charge >= 0.3 is 5.97 Å². The molecule has 0 aromatic heterocycles. The molecule has 0 aliphatic carbocycles. The number of phenols is 1. The third kappa shape index (κ3) is 6.61. The number of hydrogen-bond acceptors (Lipinski definition) is 4. The fourth-order valence-corrected chi connectivity index (χ4v) is 2.08. The minimum Gasteiger partial charge on any atom is -0.506 e. The molecule has 0 aliphatic rings. The summed E-state index contributed by atoms with van der Waals surface area (Å²) in [4.78, 5) is 22.9. The lowest BCUT2D eigenvalue weighted by molar-refractivity contribution is -0.114. The van der Waals surface area contributed by atoms with Crippen molar-refractivity contribution in [3.63, 3.8) is 0 Å². The molecule has 22 heavy (non-hydrogen) atoms. The van der Waals surface area contributed by atoms with Crippen LogP contribution < -0.4 is 5.32 Å². The van der Waals surface area contributed by atoms with E-state index in [-0.39, 0.29) is 17.3 Å². The molecule has 0 saturated heterocycles. The smallest absolute Gasteiger partial charge is 0.338 e. The van der Waals surface area contributed by atoms with Gasteiger partial charge in [-0.3, -0.25) is 4.79 Å². The highest BCUT2D eigenvalue weighted by Gasteiger charge is 2.11. The molecule has 5 nitrogen and oxygen atoms in total. The van der Waals surface area contributed by atoms with Gasteiger partial charge in [-0.05, 0) is 24.6 Å². The normalized spacial score (nSPS) is 10.3. The molecule has 1 rings (SSSR count). The van der Waals surface area contributed by atoms with E-state index in [2.05, 4.69) is 12.2 Å². The van der Waals surface area contributed by atoms with Crippen molar-refractivity contribution in [1.29, 1.82) is 0 Å². The molecule has 122 valence electrons. The van der Waals surface area contributed by atoms with E-state index >= 15 is 0 Å². The first-order valence-corrected chi connectivity index (χ1v) is 7.82. The zero-order chi connectivity index (χ0) is 16.4. The number of rotatable bonds is 9. The lowest BCUT2D eigenvalue weighted by atomic mass is 10.1. The molecule has 0 saturated carbocycles. The monoisotopic (exact) mass is 307 g/mol. The Balaban J connectivity index is 2.40. The molecule has 2 N–H and O–H groups in total. The molecule has 0 radical (unpaired) electrons. The Labute approximate surface area is 131 Å². The third-order valence-electron chi connectivity index (χ3n) is 3.27. The van der Waals surface area contributed by atoms with Crippen molar-refractivity contribution < 1.29 is 19.4 Å². The van der Waals surface area contributed by atoms with Crippen molar-refractivity contribution in [1.82, 2.24) is 0 Å². The zero-order valence-electron chi connectivity index (χ0n) is 13.4. The van der Waals surface area contributed by atoms with Gasteiger partial charge in [0.2, 0.25) is 5.91 Å². The zero-order valence-corrected chi connectivity index (χ0v) is 13.4.